The van der Waals surface area contributed by atoms with Crippen LogP contribution in [0.1, 0.15) is 107 Å². The summed E-state index contributed by atoms with van der Waals surface area (Å²) >= 11 is 0. The molecule has 79 heavy (non-hydrogen) atoms. The molecule has 416 valence electrons. The van der Waals surface area contributed by atoms with Crippen LogP contribution in [0.4, 0.5) is 28.4 Å². The van der Waals surface area contributed by atoms with Crippen molar-refractivity contribution < 1.29 is 52.4 Å². The molecule has 8 rings (SSSR count). The SMILES string of the molecule is CCCN1/C(=C/C=C2\CCCC(/C=C/C3=[N+](CCC)c4ccccc4C3(C)C)=C2Oc2ccc(CCC(=O)NCCOCCOCCNC(=O)c3ccc(N=Nc4ccc(N(C)C)cc4)cc3)cc2)C(C)(C)c2ccccc21.[I-]. The first kappa shape index (κ1) is 60.0. The minimum absolute atomic E-state index is 0. The molecule has 3 aliphatic rings. The standard InChI is InChI=1S/C66H79N7O5.HI/c1-9-42-72-58-20-13-11-18-56(58)65(3,4)60(72)37-27-49-16-15-17-50(28-38-61-66(5,6)57-19-12-14-21-59(57)73(61)43-10-2)63(49)78-55-35-22-48(23-36-55)24-39-62(74)67-40-44-76-46-47-77-45-41-68-64(75)51-25-29-52(30-26-51)69-70-53-31-33-54(34-32-53)71(7)8;/h11-14,18-23,25-38H,9-10,15-17,24,39-47H2,1-8H3,(H-,67,68,74,75);1H. The molecule has 2 amide bonds. The Morgan fingerprint density at radius 3 is 2.03 bits per heavy atom. The second-order valence-corrected chi connectivity index (χ2v) is 21.5. The van der Waals surface area contributed by atoms with Crippen molar-refractivity contribution in [3.05, 3.63) is 190 Å². The second-order valence-electron chi connectivity index (χ2n) is 21.5. The number of benzene rings is 5. The van der Waals surface area contributed by atoms with E-state index in [-0.39, 0.29) is 46.6 Å². The number of anilines is 2. The molecule has 2 aliphatic heterocycles. The fraction of sp³-hybridized carbons (Fsp3) is 0.379. The molecule has 0 fully saturated rings. The highest BCUT2D eigenvalue weighted by molar-refractivity contribution is 6.03. The number of azo groups is 1. The topological polar surface area (TPSA) is 120 Å². The molecular formula is C66H80IN7O5. The molecule has 5 aromatic carbocycles. The van der Waals surface area contributed by atoms with E-state index in [1.807, 2.05) is 55.4 Å². The predicted octanol–water partition coefficient (Wildman–Crippen LogP) is 10.6. The third-order valence-corrected chi connectivity index (χ3v) is 14.9. The highest BCUT2D eigenvalue weighted by Gasteiger charge is 2.44. The van der Waals surface area contributed by atoms with Gasteiger partial charge >= 0.3 is 0 Å². The molecule has 5 aromatic rings. The summed E-state index contributed by atoms with van der Waals surface area (Å²) in [6, 6.07) is 40.6. The van der Waals surface area contributed by atoms with E-state index < -0.39 is 0 Å². The van der Waals surface area contributed by atoms with Crippen LogP contribution in [0.2, 0.25) is 0 Å². The molecule has 0 unspecified atom stereocenters. The average Bonchev–Trinajstić information content (AvgIpc) is 3.81. The van der Waals surface area contributed by atoms with Gasteiger partial charge in [-0.15, -0.1) is 0 Å². The van der Waals surface area contributed by atoms with Gasteiger partial charge in [0.15, 0.2) is 5.71 Å². The Kier molecular flexibility index (Phi) is 21.6. The molecule has 12 nitrogen and oxygen atoms in total. The summed E-state index contributed by atoms with van der Waals surface area (Å²) in [4.78, 5) is 30.0. The first-order valence-corrected chi connectivity index (χ1v) is 28.0. The van der Waals surface area contributed by atoms with E-state index in [4.69, 9.17) is 14.2 Å². The van der Waals surface area contributed by atoms with Crippen LogP contribution in [0, 0.1) is 0 Å². The largest absolute Gasteiger partial charge is 1.00 e. The number of nitrogens with zero attached hydrogens (tertiary/aromatic N) is 5. The molecule has 13 heteroatoms. The van der Waals surface area contributed by atoms with Crippen molar-refractivity contribution >= 4 is 46.0 Å². The Labute approximate surface area is 486 Å². The summed E-state index contributed by atoms with van der Waals surface area (Å²) in [5, 5.41) is 14.4. The van der Waals surface area contributed by atoms with Gasteiger partial charge in [-0.2, -0.15) is 14.8 Å². The van der Waals surface area contributed by atoms with Gasteiger partial charge in [-0.3, -0.25) is 9.59 Å². The van der Waals surface area contributed by atoms with E-state index in [9.17, 15) is 9.59 Å². The lowest BCUT2D eigenvalue weighted by Crippen LogP contribution is -3.00. The van der Waals surface area contributed by atoms with E-state index in [1.165, 1.54) is 45.1 Å². The summed E-state index contributed by atoms with van der Waals surface area (Å²) in [5.41, 5.74) is 14.1. The molecule has 0 radical (unpaired) electrons. The minimum atomic E-state index is -0.191. The Bertz CT molecular complexity index is 3060. The van der Waals surface area contributed by atoms with Crippen LogP contribution in [0.15, 0.2) is 178 Å². The summed E-state index contributed by atoms with van der Waals surface area (Å²) in [6.45, 7) is 18.0. The summed E-state index contributed by atoms with van der Waals surface area (Å²) in [6.07, 6.45) is 15.3. The number of aryl methyl sites for hydroxylation is 1. The quantitative estimate of drug-likeness (QED) is 0.0258. The van der Waals surface area contributed by atoms with Gasteiger partial charge in [-0.05, 0) is 147 Å². The maximum Gasteiger partial charge on any atom is 0.251 e. The third-order valence-electron chi connectivity index (χ3n) is 14.9. The molecule has 2 N–H and O–H groups in total. The van der Waals surface area contributed by atoms with Gasteiger partial charge < -0.3 is 58.6 Å². The number of halogens is 1. The zero-order valence-electron chi connectivity index (χ0n) is 47.6. The van der Waals surface area contributed by atoms with Gasteiger partial charge in [-0.1, -0.05) is 82.3 Å². The Hall–Kier alpha value is -6.68. The van der Waals surface area contributed by atoms with E-state index in [2.05, 4.69) is 157 Å². The molecule has 0 aromatic heterocycles. The number of ether oxygens (including phenoxy) is 3. The summed E-state index contributed by atoms with van der Waals surface area (Å²) in [5.74, 6) is 1.48. The number of allylic oxidation sites excluding steroid dienone is 7. The van der Waals surface area contributed by atoms with Crippen molar-refractivity contribution in [2.24, 2.45) is 10.2 Å². The maximum absolute atomic E-state index is 12.9. The van der Waals surface area contributed by atoms with Crippen LogP contribution in [0.5, 0.6) is 5.75 Å². The van der Waals surface area contributed by atoms with Gasteiger partial charge in [0.2, 0.25) is 11.6 Å². The maximum atomic E-state index is 12.9. The van der Waals surface area contributed by atoms with Crippen molar-refractivity contribution in [3.63, 3.8) is 0 Å². The highest BCUT2D eigenvalue weighted by atomic mass is 127. The minimum Gasteiger partial charge on any atom is -1.00 e. The van der Waals surface area contributed by atoms with Crippen LogP contribution in [-0.2, 0) is 31.5 Å². The number of hydrogen-bond acceptors (Lipinski definition) is 9. The number of carbonyl (C=O) groups is 2. The van der Waals surface area contributed by atoms with Crippen LogP contribution >= 0.6 is 0 Å². The van der Waals surface area contributed by atoms with Gasteiger partial charge in [0.25, 0.3) is 5.91 Å². The number of fused-ring (bicyclic) bond motifs is 2. The number of carbonyl (C=O) groups excluding carboxylic acids is 2. The van der Waals surface area contributed by atoms with Crippen LogP contribution in [0.3, 0.4) is 0 Å². The van der Waals surface area contributed by atoms with E-state index in [1.54, 1.807) is 24.3 Å². The predicted molar refractivity (Wildman–Crippen MR) is 317 cm³/mol. The van der Waals surface area contributed by atoms with Crippen molar-refractivity contribution in [3.8, 4) is 5.75 Å². The molecule has 0 spiro atoms. The normalized spacial score (nSPS) is 16.4. The first-order valence-electron chi connectivity index (χ1n) is 28.0. The highest BCUT2D eigenvalue weighted by Crippen LogP contribution is 2.48. The average molecular weight is 1180 g/mol. The smallest absolute Gasteiger partial charge is 0.251 e. The molecule has 0 saturated heterocycles. The molecule has 0 saturated carbocycles. The fourth-order valence-electron chi connectivity index (χ4n) is 10.6. The van der Waals surface area contributed by atoms with E-state index >= 15 is 0 Å². The monoisotopic (exact) mass is 1180 g/mol. The Morgan fingerprint density at radius 2 is 1.35 bits per heavy atom. The van der Waals surface area contributed by atoms with Gasteiger partial charge in [0.1, 0.15) is 18.1 Å². The second kappa shape index (κ2) is 28.5. The number of amides is 2. The molecule has 0 bridgehead atoms. The number of para-hydroxylation sites is 2. The summed E-state index contributed by atoms with van der Waals surface area (Å²) in [7, 11) is 3.98. The number of rotatable bonds is 25. The summed E-state index contributed by atoms with van der Waals surface area (Å²) < 4.78 is 20.8. The van der Waals surface area contributed by atoms with Crippen LogP contribution in [-0.4, -0.2) is 88.8 Å². The molecule has 0 atom stereocenters. The fourth-order valence-corrected chi connectivity index (χ4v) is 10.6. The van der Waals surface area contributed by atoms with Crippen molar-refractivity contribution in [2.45, 2.75) is 97.3 Å². The van der Waals surface area contributed by atoms with Crippen LogP contribution < -0.4 is 49.1 Å². The molecule has 2 heterocycles. The third kappa shape index (κ3) is 15.2. The molecular weight excluding hydrogens is 1100 g/mol. The van der Waals surface area contributed by atoms with Crippen molar-refractivity contribution in [2.75, 3.05) is 76.5 Å². The zero-order chi connectivity index (χ0) is 55.1. The van der Waals surface area contributed by atoms with Gasteiger partial charge in [0.05, 0.1) is 43.2 Å². The van der Waals surface area contributed by atoms with Gasteiger partial charge in [0, 0.05) is 92.3 Å². The lowest BCUT2D eigenvalue weighted by molar-refractivity contribution is -0.437. The van der Waals surface area contributed by atoms with E-state index in [0.29, 0.717) is 63.6 Å². The first-order chi connectivity index (χ1) is 37.8. The Morgan fingerprint density at radius 1 is 0.709 bits per heavy atom. The van der Waals surface area contributed by atoms with E-state index in [0.717, 1.165) is 73.6 Å². The number of hydrogen-bond donors (Lipinski definition) is 2. The number of nitrogens with one attached hydrogen (secondary N) is 2. The molecule has 1 aliphatic carbocycles. The van der Waals surface area contributed by atoms with Crippen molar-refractivity contribution in [1.82, 2.24) is 10.6 Å². The zero-order valence-corrected chi connectivity index (χ0v) is 49.8. The Balaban J connectivity index is 0.00000903. The van der Waals surface area contributed by atoms with Crippen LogP contribution in [0.25, 0.3) is 0 Å². The van der Waals surface area contributed by atoms with Crippen molar-refractivity contribution in [1.29, 1.82) is 0 Å². The lowest BCUT2D eigenvalue weighted by Gasteiger charge is -2.27. The lowest BCUT2D eigenvalue weighted by atomic mass is 9.81. The van der Waals surface area contributed by atoms with Gasteiger partial charge in [-0.25, -0.2) is 0 Å².